The minimum atomic E-state index is -4.31. The monoisotopic (exact) mass is 442 g/mol. The van der Waals surface area contributed by atoms with Crippen molar-refractivity contribution in [3.63, 3.8) is 0 Å². The Labute approximate surface area is 184 Å². The molecule has 0 saturated heterocycles. The molecule has 2 fully saturated rings. The van der Waals surface area contributed by atoms with Crippen molar-refractivity contribution >= 4 is 22.5 Å². The van der Waals surface area contributed by atoms with Crippen molar-refractivity contribution in [3.8, 4) is 5.75 Å². The molecule has 0 unspecified atom stereocenters. The molecule has 7 heteroatoms. The van der Waals surface area contributed by atoms with E-state index in [1.54, 1.807) is 18.3 Å². The number of benzene rings is 2. The maximum Gasteiger partial charge on any atom is 0.416 e. The number of carbonyl (C=O) groups is 1. The zero-order valence-corrected chi connectivity index (χ0v) is 17.8. The lowest BCUT2D eigenvalue weighted by Crippen LogP contribution is -2.39. The highest BCUT2D eigenvalue weighted by Crippen LogP contribution is 2.43. The predicted molar refractivity (Wildman–Crippen MR) is 117 cm³/mol. The summed E-state index contributed by atoms with van der Waals surface area (Å²) in [5, 5.41) is 3.95. The molecule has 2 aromatic carbocycles. The maximum absolute atomic E-state index is 12.7. The van der Waals surface area contributed by atoms with E-state index in [-0.39, 0.29) is 23.3 Å². The van der Waals surface area contributed by atoms with Crippen LogP contribution in [-0.2, 0) is 11.0 Å². The van der Waals surface area contributed by atoms with Gasteiger partial charge in [-0.15, -0.1) is 0 Å². The van der Waals surface area contributed by atoms with E-state index < -0.39 is 11.7 Å². The molecule has 4 nitrogen and oxygen atoms in total. The third-order valence-corrected chi connectivity index (χ3v) is 7.01. The number of amides is 1. The summed E-state index contributed by atoms with van der Waals surface area (Å²) in [6, 6.07) is 11.2. The lowest BCUT2D eigenvalue weighted by atomic mass is 9.70. The Morgan fingerprint density at radius 1 is 1.12 bits per heavy atom. The van der Waals surface area contributed by atoms with Gasteiger partial charge in [-0.1, -0.05) is 25.5 Å². The van der Waals surface area contributed by atoms with Crippen LogP contribution in [0, 0.1) is 5.41 Å². The van der Waals surface area contributed by atoms with Gasteiger partial charge in [0, 0.05) is 22.5 Å². The van der Waals surface area contributed by atoms with E-state index in [0.717, 1.165) is 72.1 Å². The first-order valence-electron chi connectivity index (χ1n) is 11.0. The maximum atomic E-state index is 12.7. The number of rotatable bonds is 5. The minimum absolute atomic E-state index is 0.0191. The molecule has 32 heavy (non-hydrogen) atoms. The number of H-pyrrole nitrogens is 1. The Morgan fingerprint density at radius 2 is 1.84 bits per heavy atom. The number of aromatic nitrogens is 1. The first-order valence-corrected chi connectivity index (χ1v) is 11.0. The van der Waals surface area contributed by atoms with Gasteiger partial charge in [0.2, 0.25) is 5.91 Å². The fourth-order valence-electron chi connectivity index (χ4n) is 4.55. The van der Waals surface area contributed by atoms with Crippen molar-refractivity contribution in [3.05, 3.63) is 59.8 Å². The molecule has 1 amide bonds. The van der Waals surface area contributed by atoms with E-state index in [9.17, 15) is 18.0 Å². The second-order valence-corrected chi connectivity index (χ2v) is 9.31. The zero-order valence-electron chi connectivity index (χ0n) is 17.8. The normalized spacial score (nSPS) is 22.1. The van der Waals surface area contributed by atoms with E-state index >= 15 is 0 Å². The molecule has 0 bridgehead atoms. The van der Waals surface area contributed by atoms with E-state index in [1.807, 2.05) is 25.1 Å². The Bertz CT molecular complexity index is 1140. The Balaban J connectivity index is 1.22. The molecule has 3 aromatic rings. The van der Waals surface area contributed by atoms with Crippen LogP contribution in [0.25, 0.3) is 10.9 Å². The van der Waals surface area contributed by atoms with E-state index in [2.05, 4.69) is 10.3 Å². The van der Waals surface area contributed by atoms with Gasteiger partial charge in [0.05, 0.1) is 17.4 Å². The number of halogens is 3. The second kappa shape index (κ2) is 7.57. The molecule has 2 aliphatic rings. The first kappa shape index (κ1) is 20.9. The molecular weight excluding hydrogens is 417 g/mol. The number of ether oxygens (including phenoxy) is 1. The Hall–Kier alpha value is -2.96. The zero-order chi connectivity index (χ0) is 22.5. The SMILES string of the molecule is CC1(C(=O)Nc2c[nH]c3ccc(O[C@H]4C[C@H](c5ccc(C(F)(F)F)cc5)C4)cc23)CCC1. The highest BCUT2D eigenvalue weighted by Gasteiger charge is 2.39. The summed E-state index contributed by atoms with van der Waals surface area (Å²) in [6.07, 6.45) is 1.95. The standard InChI is InChI=1S/C25H25F3N2O2/c1-24(9-2-10-24)23(31)30-22-14-29-21-8-7-18(13-20(21)22)32-19-11-16(12-19)15-3-5-17(6-4-15)25(26,27)28/h3-8,13-14,16,19,29H,2,9-12H2,1H3,(H,30,31)/t16-,19-. The fourth-order valence-corrected chi connectivity index (χ4v) is 4.55. The molecule has 0 aliphatic heterocycles. The summed E-state index contributed by atoms with van der Waals surface area (Å²) in [5.41, 5.74) is 1.68. The number of fused-ring (bicyclic) bond motifs is 1. The summed E-state index contributed by atoms with van der Waals surface area (Å²) in [4.78, 5) is 15.8. The average Bonchev–Trinajstić information content (AvgIpc) is 3.10. The topological polar surface area (TPSA) is 54.1 Å². The predicted octanol–water partition coefficient (Wildman–Crippen LogP) is 6.64. The van der Waals surface area contributed by atoms with Crippen LogP contribution >= 0.6 is 0 Å². The molecule has 168 valence electrons. The van der Waals surface area contributed by atoms with Crippen molar-refractivity contribution in [2.75, 3.05) is 5.32 Å². The third kappa shape index (κ3) is 3.85. The molecule has 2 aliphatic carbocycles. The molecule has 0 atom stereocenters. The minimum Gasteiger partial charge on any atom is -0.490 e. The number of alkyl halides is 3. The van der Waals surface area contributed by atoms with Crippen LogP contribution in [0.3, 0.4) is 0 Å². The largest absolute Gasteiger partial charge is 0.490 e. The summed E-state index contributed by atoms with van der Waals surface area (Å²) in [5.74, 6) is 0.976. The van der Waals surface area contributed by atoms with Crippen LogP contribution in [0.15, 0.2) is 48.7 Å². The van der Waals surface area contributed by atoms with Crippen LogP contribution in [0.2, 0.25) is 0 Å². The van der Waals surface area contributed by atoms with Gasteiger partial charge in [-0.25, -0.2) is 0 Å². The molecule has 1 heterocycles. The van der Waals surface area contributed by atoms with Gasteiger partial charge in [0.25, 0.3) is 0 Å². The summed E-state index contributed by atoms with van der Waals surface area (Å²) in [7, 11) is 0. The van der Waals surface area contributed by atoms with Gasteiger partial charge in [-0.05, 0) is 67.5 Å². The second-order valence-electron chi connectivity index (χ2n) is 9.31. The molecule has 2 saturated carbocycles. The van der Waals surface area contributed by atoms with Crippen LogP contribution < -0.4 is 10.1 Å². The number of hydrogen-bond donors (Lipinski definition) is 2. The van der Waals surface area contributed by atoms with Crippen molar-refractivity contribution in [2.24, 2.45) is 5.41 Å². The summed E-state index contributed by atoms with van der Waals surface area (Å²) < 4.78 is 44.3. The lowest BCUT2D eigenvalue weighted by Gasteiger charge is -2.36. The first-order chi connectivity index (χ1) is 15.2. The number of carbonyl (C=O) groups excluding carboxylic acids is 1. The van der Waals surface area contributed by atoms with Gasteiger partial charge in [0.15, 0.2) is 0 Å². The summed E-state index contributed by atoms with van der Waals surface area (Å²) >= 11 is 0. The van der Waals surface area contributed by atoms with Gasteiger partial charge in [-0.2, -0.15) is 13.2 Å². The van der Waals surface area contributed by atoms with Crippen LogP contribution in [0.5, 0.6) is 5.75 Å². The van der Waals surface area contributed by atoms with Crippen molar-refractivity contribution in [1.29, 1.82) is 0 Å². The lowest BCUT2D eigenvalue weighted by molar-refractivity contribution is -0.137. The molecule has 0 spiro atoms. The average molecular weight is 442 g/mol. The van der Waals surface area contributed by atoms with Crippen LogP contribution in [-0.4, -0.2) is 17.0 Å². The van der Waals surface area contributed by atoms with Crippen LogP contribution in [0.1, 0.15) is 56.1 Å². The molecule has 1 aromatic heterocycles. The quantitative estimate of drug-likeness (QED) is 0.465. The summed E-state index contributed by atoms with van der Waals surface area (Å²) in [6.45, 7) is 2.00. The Kier molecular flexibility index (Phi) is 4.95. The van der Waals surface area contributed by atoms with Gasteiger partial charge in [-0.3, -0.25) is 4.79 Å². The van der Waals surface area contributed by atoms with Gasteiger partial charge < -0.3 is 15.0 Å². The molecular formula is C25H25F3N2O2. The van der Waals surface area contributed by atoms with E-state index in [0.29, 0.717) is 0 Å². The molecule has 2 N–H and O–H groups in total. The number of nitrogens with one attached hydrogen (secondary N) is 2. The van der Waals surface area contributed by atoms with E-state index in [1.165, 1.54) is 0 Å². The molecule has 0 radical (unpaired) electrons. The Morgan fingerprint density at radius 3 is 2.47 bits per heavy atom. The number of aromatic amines is 1. The van der Waals surface area contributed by atoms with Crippen molar-refractivity contribution in [1.82, 2.24) is 4.98 Å². The van der Waals surface area contributed by atoms with Gasteiger partial charge >= 0.3 is 6.18 Å². The highest BCUT2D eigenvalue weighted by molar-refractivity contribution is 6.04. The molecule has 5 rings (SSSR count). The van der Waals surface area contributed by atoms with Crippen LogP contribution in [0.4, 0.5) is 18.9 Å². The fraction of sp³-hybridized carbons (Fsp3) is 0.400. The van der Waals surface area contributed by atoms with Gasteiger partial charge in [0.1, 0.15) is 5.75 Å². The highest BCUT2D eigenvalue weighted by atomic mass is 19.4. The number of hydrogen-bond acceptors (Lipinski definition) is 2. The van der Waals surface area contributed by atoms with Crippen molar-refractivity contribution in [2.45, 2.75) is 57.2 Å². The van der Waals surface area contributed by atoms with E-state index in [4.69, 9.17) is 4.74 Å². The number of anilines is 1. The third-order valence-electron chi connectivity index (χ3n) is 7.01. The smallest absolute Gasteiger partial charge is 0.416 e. The van der Waals surface area contributed by atoms with Crippen molar-refractivity contribution < 1.29 is 22.7 Å².